The van der Waals surface area contributed by atoms with Crippen molar-refractivity contribution >= 4 is 5.91 Å². The van der Waals surface area contributed by atoms with E-state index in [4.69, 9.17) is 4.74 Å². The van der Waals surface area contributed by atoms with E-state index in [2.05, 4.69) is 5.32 Å². The zero-order valence-electron chi connectivity index (χ0n) is 12.9. The Morgan fingerprint density at radius 2 is 1.91 bits per heavy atom. The molecular weight excluding hydrogens is 290 g/mol. The molecule has 0 aliphatic carbocycles. The third-order valence-corrected chi connectivity index (χ3v) is 4.02. The number of carbonyl (C=O) groups excluding carboxylic acids is 1. The smallest absolute Gasteiger partial charge is 0.223 e. The lowest BCUT2D eigenvalue weighted by Crippen LogP contribution is -2.39. The standard InChI is InChI=1S/C16H22F2N2O2/c1-20(2)14(15-12(17)4-3-5-13(15)18)10-19-16(21)11-6-8-22-9-7-11/h3-5,11,14H,6-10H2,1-2H3,(H,19,21). The molecule has 1 saturated heterocycles. The summed E-state index contributed by atoms with van der Waals surface area (Å²) in [5.74, 6) is -1.35. The van der Waals surface area contributed by atoms with Gasteiger partial charge in [0.2, 0.25) is 5.91 Å². The average molecular weight is 312 g/mol. The fourth-order valence-corrected chi connectivity index (χ4v) is 2.67. The zero-order chi connectivity index (χ0) is 16.1. The van der Waals surface area contributed by atoms with E-state index in [1.807, 2.05) is 0 Å². The summed E-state index contributed by atoms with van der Waals surface area (Å²) < 4.78 is 33.1. The highest BCUT2D eigenvalue weighted by molar-refractivity contribution is 5.78. The maximum Gasteiger partial charge on any atom is 0.223 e. The van der Waals surface area contributed by atoms with Crippen LogP contribution in [0.5, 0.6) is 0 Å². The van der Waals surface area contributed by atoms with Crippen molar-refractivity contribution in [3.63, 3.8) is 0 Å². The maximum atomic E-state index is 13.9. The molecule has 1 aromatic rings. The highest BCUT2D eigenvalue weighted by Crippen LogP contribution is 2.24. The number of hydrogen-bond acceptors (Lipinski definition) is 3. The molecule has 122 valence electrons. The highest BCUT2D eigenvalue weighted by Gasteiger charge is 2.25. The SMILES string of the molecule is CN(C)C(CNC(=O)C1CCOCC1)c1c(F)cccc1F. The summed E-state index contributed by atoms with van der Waals surface area (Å²) >= 11 is 0. The molecule has 1 amide bonds. The number of nitrogens with zero attached hydrogens (tertiary/aromatic N) is 1. The fraction of sp³-hybridized carbons (Fsp3) is 0.562. The first kappa shape index (κ1) is 16.8. The molecule has 1 N–H and O–H groups in total. The van der Waals surface area contributed by atoms with Crippen molar-refractivity contribution in [3.8, 4) is 0 Å². The van der Waals surface area contributed by atoms with E-state index in [0.29, 0.717) is 26.1 Å². The van der Waals surface area contributed by atoms with Crippen LogP contribution >= 0.6 is 0 Å². The molecular formula is C16H22F2N2O2. The summed E-state index contributed by atoms with van der Waals surface area (Å²) in [6, 6.07) is 3.25. The van der Waals surface area contributed by atoms with Gasteiger partial charge in [-0.05, 0) is 39.1 Å². The van der Waals surface area contributed by atoms with Gasteiger partial charge < -0.3 is 15.0 Å². The molecule has 1 fully saturated rings. The first-order valence-corrected chi connectivity index (χ1v) is 7.46. The van der Waals surface area contributed by atoms with Crippen LogP contribution in [-0.4, -0.2) is 44.7 Å². The van der Waals surface area contributed by atoms with E-state index in [9.17, 15) is 13.6 Å². The molecule has 1 heterocycles. The monoisotopic (exact) mass is 312 g/mol. The molecule has 6 heteroatoms. The molecule has 0 saturated carbocycles. The van der Waals surface area contributed by atoms with E-state index >= 15 is 0 Å². The Hall–Kier alpha value is -1.53. The molecule has 1 aliphatic rings. The van der Waals surface area contributed by atoms with Gasteiger partial charge in [0.1, 0.15) is 11.6 Å². The van der Waals surface area contributed by atoms with E-state index in [1.54, 1.807) is 19.0 Å². The second-order valence-corrected chi connectivity index (χ2v) is 5.75. The Morgan fingerprint density at radius 3 is 2.45 bits per heavy atom. The van der Waals surface area contributed by atoms with Gasteiger partial charge in [-0.1, -0.05) is 6.07 Å². The summed E-state index contributed by atoms with van der Waals surface area (Å²) in [6.45, 7) is 1.33. The van der Waals surface area contributed by atoms with Crippen LogP contribution in [0.1, 0.15) is 24.4 Å². The Morgan fingerprint density at radius 1 is 1.32 bits per heavy atom. The largest absolute Gasteiger partial charge is 0.381 e. The number of nitrogens with one attached hydrogen (secondary N) is 1. The third kappa shape index (κ3) is 4.01. The van der Waals surface area contributed by atoms with Gasteiger partial charge in [0.25, 0.3) is 0 Å². The van der Waals surface area contributed by atoms with Crippen molar-refractivity contribution in [2.24, 2.45) is 5.92 Å². The van der Waals surface area contributed by atoms with Crippen LogP contribution in [0.4, 0.5) is 8.78 Å². The molecule has 1 aromatic carbocycles. The van der Waals surface area contributed by atoms with Crippen molar-refractivity contribution in [1.29, 1.82) is 0 Å². The molecule has 0 radical (unpaired) electrons. The van der Waals surface area contributed by atoms with Crippen molar-refractivity contribution in [2.45, 2.75) is 18.9 Å². The second kappa shape index (κ2) is 7.65. The number of amides is 1. The summed E-state index contributed by atoms with van der Waals surface area (Å²) in [6.07, 6.45) is 1.37. The summed E-state index contributed by atoms with van der Waals surface area (Å²) in [5, 5.41) is 2.82. The predicted octanol–water partition coefficient (Wildman–Crippen LogP) is 2.11. The summed E-state index contributed by atoms with van der Waals surface area (Å²) in [7, 11) is 3.47. The lowest BCUT2D eigenvalue weighted by molar-refractivity contribution is -0.128. The van der Waals surface area contributed by atoms with Crippen LogP contribution < -0.4 is 5.32 Å². The van der Waals surface area contributed by atoms with Gasteiger partial charge in [0, 0.05) is 31.2 Å². The van der Waals surface area contributed by atoms with E-state index in [-0.39, 0.29) is 23.9 Å². The Balaban J connectivity index is 2.05. The van der Waals surface area contributed by atoms with E-state index < -0.39 is 17.7 Å². The van der Waals surface area contributed by atoms with E-state index in [0.717, 1.165) is 0 Å². The number of benzene rings is 1. The van der Waals surface area contributed by atoms with Crippen LogP contribution in [0.25, 0.3) is 0 Å². The molecule has 1 unspecified atom stereocenters. The number of halogens is 2. The topological polar surface area (TPSA) is 41.6 Å². The number of carbonyl (C=O) groups is 1. The molecule has 22 heavy (non-hydrogen) atoms. The molecule has 0 spiro atoms. The van der Waals surface area contributed by atoms with Gasteiger partial charge in [0.05, 0.1) is 6.04 Å². The molecule has 2 rings (SSSR count). The number of ether oxygens (including phenoxy) is 1. The van der Waals surface area contributed by atoms with Gasteiger partial charge in [-0.25, -0.2) is 8.78 Å². The van der Waals surface area contributed by atoms with Crippen LogP contribution in [0, 0.1) is 17.6 Å². The van der Waals surface area contributed by atoms with Gasteiger partial charge in [0.15, 0.2) is 0 Å². The van der Waals surface area contributed by atoms with Gasteiger partial charge in [-0.2, -0.15) is 0 Å². The number of rotatable bonds is 5. The van der Waals surface area contributed by atoms with E-state index in [1.165, 1.54) is 18.2 Å². The third-order valence-electron chi connectivity index (χ3n) is 4.02. The molecule has 0 bridgehead atoms. The van der Waals surface area contributed by atoms with Crippen LogP contribution in [0.2, 0.25) is 0 Å². The Kier molecular flexibility index (Phi) is 5.85. The van der Waals surface area contributed by atoms with Gasteiger partial charge in [-0.3, -0.25) is 4.79 Å². The van der Waals surface area contributed by atoms with Crippen molar-refractivity contribution in [1.82, 2.24) is 10.2 Å². The maximum absolute atomic E-state index is 13.9. The molecule has 1 atom stereocenters. The minimum absolute atomic E-state index is 0.0141. The van der Waals surface area contributed by atoms with Crippen molar-refractivity contribution in [2.75, 3.05) is 33.9 Å². The predicted molar refractivity (Wildman–Crippen MR) is 79.3 cm³/mol. The first-order valence-electron chi connectivity index (χ1n) is 7.46. The summed E-state index contributed by atoms with van der Waals surface area (Å²) in [5.41, 5.74) is -0.0141. The van der Waals surface area contributed by atoms with Gasteiger partial charge >= 0.3 is 0 Å². The first-order chi connectivity index (χ1) is 10.5. The Labute approximate surface area is 129 Å². The van der Waals surface area contributed by atoms with Crippen LogP contribution in [0.15, 0.2) is 18.2 Å². The second-order valence-electron chi connectivity index (χ2n) is 5.75. The zero-order valence-corrected chi connectivity index (χ0v) is 12.9. The van der Waals surface area contributed by atoms with Crippen LogP contribution in [0.3, 0.4) is 0 Å². The molecule has 0 aromatic heterocycles. The highest BCUT2D eigenvalue weighted by atomic mass is 19.1. The normalized spacial score (nSPS) is 17.5. The van der Waals surface area contributed by atoms with Crippen molar-refractivity contribution < 1.29 is 18.3 Å². The lowest BCUT2D eigenvalue weighted by Gasteiger charge is -2.27. The molecule has 1 aliphatic heterocycles. The van der Waals surface area contributed by atoms with Gasteiger partial charge in [-0.15, -0.1) is 0 Å². The quantitative estimate of drug-likeness (QED) is 0.905. The molecule has 4 nitrogen and oxygen atoms in total. The summed E-state index contributed by atoms with van der Waals surface area (Å²) in [4.78, 5) is 13.9. The number of likely N-dealkylation sites (N-methyl/N-ethyl adjacent to an activating group) is 1. The number of hydrogen-bond donors (Lipinski definition) is 1. The van der Waals surface area contributed by atoms with Crippen LogP contribution in [-0.2, 0) is 9.53 Å². The lowest BCUT2D eigenvalue weighted by atomic mass is 9.98. The minimum Gasteiger partial charge on any atom is -0.381 e. The average Bonchev–Trinajstić information content (AvgIpc) is 2.50. The Bertz CT molecular complexity index is 497. The fourth-order valence-electron chi connectivity index (χ4n) is 2.67. The van der Waals surface area contributed by atoms with Crippen molar-refractivity contribution in [3.05, 3.63) is 35.4 Å². The minimum atomic E-state index is -0.598.